The molecule has 2 heteroatoms. The standard InChI is InChI=1S/C13H18N2/c1-4-5-15-13(9-14)12-7-10(2)6-11(3)8-12/h1,6-8,13,15H,5,9,14H2,2-3H3. The maximum atomic E-state index is 5.71. The van der Waals surface area contributed by atoms with Crippen LogP contribution in [0.2, 0.25) is 0 Å². The quantitative estimate of drug-likeness (QED) is 0.727. The minimum Gasteiger partial charge on any atom is -0.329 e. The van der Waals surface area contributed by atoms with E-state index in [9.17, 15) is 0 Å². The molecule has 1 aromatic carbocycles. The van der Waals surface area contributed by atoms with Gasteiger partial charge in [0.25, 0.3) is 0 Å². The van der Waals surface area contributed by atoms with Crippen molar-refractivity contribution in [3.8, 4) is 12.3 Å². The number of nitrogens with one attached hydrogen (secondary N) is 1. The maximum Gasteiger partial charge on any atom is 0.0578 e. The van der Waals surface area contributed by atoms with Gasteiger partial charge in [-0.2, -0.15) is 0 Å². The molecular formula is C13H18N2. The third-order valence-corrected chi connectivity index (χ3v) is 2.33. The van der Waals surface area contributed by atoms with Gasteiger partial charge in [-0.25, -0.2) is 0 Å². The van der Waals surface area contributed by atoms with Crippen LogP contribution in [0, 0.1) is 26.2 Å². The average Bonchev–Trinajstić information content (AvgIpc) is 2.17. The first-order chi connectivity index (χ1) is 7.17. The molecule has 15 heavy (non-hydrogen) atoms. The van der Waals surface area contributed by atoms with E-state index in [1.165, 1.54) is 16.7 Å². The Kier molecular flexibility index (Phi) is 4.36. The van der Waals surface area contributed by atoms with Gasteiger partial charge in [0.1, 0.15) is 0 Å². The molecule has 80 valence electrons. The molecule has 0 aliphatic carbocycles. The molecule has 0 heterocycles. The highest BCUT2D eigenvalue weighted by Crippen LogP contribution is 2.15. The monoisotopic (exact) mass is 202 g/mol. The van der Waals surface area contributed by atoms with E-state index in [1.54, 1.807) is 0 Å². The number of hydrogen-bond donors (Lipinski definition) is 2. The first kappa shape index (κ1) is 11.8. The predicted octanol–water partition coefficient (Wildman–Crippen LogP) is 1.53. The molecule has 0 amide bonds. The summed E-state index contributed by atoms with van der Waals surface area (Å²) in [5.41, 5.74) is 9.44. The third-order valence-electron chi connectivity index (χ3n) is 2.33. The normalized spacial score (nSPS) is 12.1. The summed E-state index contributed by atoms with van der Waals surface area (Å²) in [5.74, 6) is 2.56. The van der Waals surface area contributed by atoms with Crippen molar-refractivity contribution in [1.29, 1.82) is 0 Å². The molecule has 0 aliphatic heterocycles. The molecular weight excluding hydrogens is 184 g/mol. The molecule has 1 aromatic rings. The van der Waals surface area contributed by atoms with E-state index in [0.29, 0.717) is 13.1 Å². The van der Waals surface area contributed by atoms with Crippen molar-refractivity contribution >= 4 is 0 Å². The molecule has 2 nitrogen and oxygen atoms in total. The Hall–Kier alpha value is -1.30. The van der Waals surface area contributed by atoms with Crippen LogP contribution < -0.4 is 11.1 Å². The Morgan fingerprint density at radius 3 is 2.40 bits per heavy atom. The van der Waals surface area contributed by atoms with E-state index < -0.39 is 0 Å². The summed E-state index contributed by atoms with van der Waals surface area (Å²) in [4.78, 5) is 0. The zero-order valence-corrected chi connectivity index (χ0v) is 9.38. The number of nitrogens with two attached hydrogens (primary N) is 1. The second-order valence-corrected chi connectivity index (χ2v) is 3.79. The van der Waals surface area contributed by atoms with Crippen LogP contribution in [0.15, 0.2) is 18.2 Å². The lowest BCUT2D eigenvalue weighted by atomic mass is 10.0. The maximum absolute atomic E-state index is 5.71. The summed E-state index contributed by atoms with van der Waals surface area (Å²) in [6, 6.07) is 6.60. The van der Waals surface area contributed by atoms with E-state index in [-0.39, 0.29) is 6.04 Å². The second kappa shape index (κ2) is 5.55. The van der Waals surface area contributed by atoms with Gasteiger partial charge in [0, 0.05) is 12.6 Å². The molecule has 0 aliphatic rings. The molecule has 0 fully saturated rings. The minimum absolute atomic E-state index is 0.152. The molecule has 1 unspecified atom stereocenters. The van der Waals surface area contributed by atoms with Gasteiger partial charge in [-0.15, -0.1) is 6.42 Å². The van der Waals surface area contributed by atoms with Crippen LogP contribution in [-0.2, 0) is 0 Å². The van der Waals surface area contributed by atoms with Crippen LogP contribution in [0.3, 0.4) is 0 Å². The number of rotatable bonds is 4. The first-order valence-electron chi connectivity index (χ1n) is 5.12. The van der Waals surface area contributed by atoms with Crippen LogP contribution in [0.4, 0.5) is 0 Å². The van der Waals surface area contributed by atoms with Crippen molar-refractivity contribution in [3.05, 3.63) is 34.9 Å². The highest BCUT2D eigenvalue weighted by atomic mass is 14.9. The number of benzene rings is 1. The van der Waals surface area contributed by atoms with Gasteiger partial charge < -0.3 is 5.73 Å². The summed E-state index contributed by atoms with van der Waals surface area (Å²) >= 11 is 0. The molecule has 0 aromatic heterocycles. The van der Waals surface area contributed by atoms with Gasteiger partial charge in [0.15, 0.2) is 0 Å². The van der Waals surface area contributed by atoms with Gasteiger partial charge in [0.2, 0.25) is 0 Å². The van der Waals surface area contributed by atoms with Crippen LogP contribution in [-0.4, -0.2) is 13.1 Å². The molecule has 0 spiro atoms. The fourth-order valence-electron chi connectivity index (χ4n) is 1.73. The lowest BCUT2D eigenvalue weighted by Crippen LogP contribution is -2.28. The van der Waals surface area contributed by atoms with E-state index in [4.69, 9.17) is 12.2 Å². The molecule has 0 radical (unpaired) electrons. The van der Waals surface area contributed by atoms with Gasteiger partial charge in [-0.05, 0) is 19.4 Å². The molecule has 0 saturated heterocycles. The van der Waals surface area contributed by atoms with Crippen LogP contribution in [0.5, 0.6) is 0 Å². The van der Waals surface area contributed by atoms with E-state index in [2.05, 4.69) is 43.3 Å². The molecule has 0 bridgehead atoms. The lowest BCUT2D eigenvalue weighted by Gasteiger charge is -2.17. The van der Waals surface area contributed by atoms with Crippen LogP contribution in [0.25, 0.3) is 0 Å². The topological polar surface area (TPSA) is 38.0 Å². The number of aryl methyl sites for hydroxylation is 2. The number of hydrogen-bond acceptors (Lipinski definition) is 2. The Bertz CT molecular complexity index is 343. The summed E-state index contributed by atoms with van der Waals surface area (Å²) in [7, 11) is 0. The van der Waals surface area contributed by atoms with E-state index in [1.807, 2.05) is 0 Å². The zero-order chi connectivity index (χ0) is 11.3. The summed E-state index contributed by atoms with van der Waals surface area (Å²) in [6.07, 6.45) is 5.22. The lowest BCUT2D eigenvalue weighted by molar-refractivity contribution is 0.581. The largest absolute Gasteiger partial charge is 0.329 e. The Balaban J connectivity index is 2.87. The van der Waals surface area contributed by atoms with Crippen molar-refractivity contribution in [2.45, 2.75) is 19.9 Å². The van der Waals surface area contributed by atoms with Crippen molar-refractivity contribution in [2.75, 3.05) is 13.1 Å². The fraction of sp³-hybridized carbons (Fsp3) is 0.385. The Morgan fingerprint density at radius 2 is 1.93 bits per heavy atom. The average molecular weight is 202 g/mol. The summed E-state index contributed by atoms with van der Waals surface area (Å²) < 4.78 is 0. The highest BCUT2D eigenvalue weighted by Gasteiger charge is 2.08. The Morgan fingerprint density at radius 1 is 1.33 bits per heavy atom. The van der Waals surface area contributed by atoms with Gasteiger partial charge >= 0.3 is 0 Å². The summed E-state index contributed by atoms with van der Waals surface area (Å²) in [5, 5.41) is 3.23. The predicted molar refractivity (Wildman–Crippen MR) is 64.5 cm³/mol. The van der Waals surface area contributed by atoms with Crippen molar-refractivity contribution in [1.82, 2.24) is 5.32 Å². The molecule has 1 rings (SSSR count). The van der Waals surface area contributed by atoms with Crippen LogP contribution >= 0.6 is 0 Å². The SMILES string of the molecule is C#CCNC(CN)c1cc(C)cc(C)c1. The molecule has 1 atom stereocenters. The third kappa shape index (κ3) is 3.39. The van der Waals surface area contributed by atoms with Crippen molar-refractivity contribution in [3.63, 3.8) is 0 Å². The number of terminal acetylenes is 1. The molecule has 0 saturated carbocycles. The Labute approximate surface area is 91.9 Å². The summed E-state index contributed by atoms with van der Waals surface area (Å²) in [6.45, 7) is 5.29. The van der Waals surface area contributed by atoms with Crippen LogP contribution in [0.1, 0.15) is 22.7 Å². The second-order valence-electron chi connectivity index (χ2n) is 3.79. The van der Waals surface area contributed by atoms with E-state index in [0.717, 1.165) is 0 Å². The van der Waals surface area contributed by atoms with Gasteiger partial charge in [0.05, 0.1) is 6.54 Å². The minimum atomic E-state index is 0.152. The fourth-order valence-corrected chi connectivity index (χ4v) is 1.73. The zero-order valence-electron chi connectivity index (χ0n) is 9.38. The van der Waals surface area contributed by atoms with Crippen molar-refractivity contribution < 1.29 is 0 Å². The van der Waals surface area contributed by atoms with Gasteiger partial charge in [-0.3, -0.25) is 5.32 Å². The molecule has 3 N–H and O–H groups in total. The smallest absolute Gasteiger partial charge is 0.0578 e. The highest BCUT2D eigenvalue weighted by molar-refractivity contribution is 5.31. The van der Waals surface area contributed by atoms with Crippen molar-refractivity contribution in [2.24, 2.45) is 5.73 Å². The first-order valence-corrected chi connectivity index (χ1v) is 5.12. The van der Waals surface area contributed by atoms with Gasteiger partial charge in [-0.1, -0.05) is 35.2 Å². The van der Waals surface area contributed by atoms with E-state index >= 15 is 0 Å².